The molecule has 4 rings (SSSR count). The molecule has 7 heteroatoms. The van der Waals surface area contributed by atoms with Gasteiger partial charge in [-0.1, -0.05) is 44.0 Å². The van der Waals surface area contributed by atoms with E-state index in [9.17, 15) is 4.39 Å². The van der Waals surface area contributed by atoms with E-state index in [1.807, 2.05) is 18.2 Å². The van der Waals surface area contributed by atoms with E-state index in [0.29, 0.717) is 17.9 Å². The fraction of sp³-hybridized carbons (Fsp3) is 0.176. The fourth-order valence-corrected chi connectivity index (χ4v) is 3.71. The van der Waals surface area contributed by atoms with Gasteiger partial charge in [-0.25, -0.2) is 9.07 Å². The average Bonchev–Trinajstić information content (AvgIpc) is 3.05. The number of benzene rings is 2. The van der Waals surface area contributed by atoms with Gasteiger partial charge in [-0.15, -0.1) is 0 Å². The Hall–Kier alpha value is -1.73. The van der Waals surface area contributed by atoms with Crippen molar-refractivity contribution in [3.8, 4) is 0 Å². The Morgan fingerprint density at radius 3 is 2.62 bits per heavy atom. The molecule has 122 valence electrons. The lowest BCUT2D eigenvalue weighted by Crippen LogP contribution is -2.28. The van der Waals surface area contributed by atoms with Gasteiger partial charge in [-0.05, 0) is 42.3 Å². The predicted octanol–water partition coefficient (Wildman–Crippen LogP) is 5.09. The van der Waals surface area contributed by atoms with Crippen LogP contribution < -0.4 is 5.32 Å². The van der Waals surface area contributed by atoms with E-state index in [-0.39, 0.29) is 17.9 Å². The van der Waals surface area contributed by atoms with Gasteiger partial charge in [0.2, 0.25) is 5.95 Å². The molecular formula is C17H13Br2FN4. The molecule has 24 heavy (non-hydrogen) atoms. The second-order valence-corrected chi connectivity index (χ2v) is 7.53. The van der Waals surface area contributed by atoms with E-state index in [1.165, 1.54) is 12.4 Å². The summed E-state index contributed by atoms with van der Waals surface area (Å²) < 4.78 is 18.1. The van der Waals surface area contributed by atoms with Crippen molar-refractivity contribution in [2.45, 2.75) is 18.5 Å². The Morgan fingerprint density at radius 1 is 1.08 bits per heavy atom. The molecule has 0 saturated heterocycles. The van der Waals surface area contributed by atoms with Gasteiger partial charge in [-0.3, -0.25) is 0 Å². The van der Waals surface area contributed by atoms with Crippen LogP contribution in [0.3, 0.4) is 0 Å². The molecule has 4 nitrogen and oxygen atoms in total. The van der Waals surface area contributed by atoms with Gasteiger partial charge in [0, 0.05) is 14.5 Å². The maximum Gasteiger partial charge on any atom is 0.222 e. The predicted molar refractivity (Wildman–Crippen MR) is 97.4 cm³/mol. The van der Waals surface area contributed by atoms with Crippen LogP contribution in [0, 0.1) is 5.82 Å². The largest absolute Gasteiger partial charge is 0.348 e. The number of rotatable bonds is 2. The van der Waals surface area contributed by atoms with Gasteiger partial charge in [0.05, 0.1) is 12.1 Å². The summed E-state index contributed by atoms with van der Waals surface area (Å²) in [6, 6.07) is 12.9. The number of aromatic nitrogens is 3. The van der Waals surface area contributed by atoms with Crippen molar-refractivity contribution in [2.75, 3.05) is 5.32 Å². The molecule has 1 aliphatic heterocycles. The molecule has 2 atom stereocenters. The zero-order valence-corrected chi connectivity index (χ0v) is 15.6. The van der Waals surface area contributed by atoms with Gasteiger partial charge in [0.25, 0.3) is 0 Å². The minimum absolute atomic E-state index is 0.0400. The number of nitrogens with one attached hydrogen (secondary N) is 1. The standard InChI is InChI=1S/C17H13Br2FN4/c18-11-3-1-10(2-4-11)15-8-16(24-17(23-15)21-9-22-24)13-7-12(19)5-6-14(13)20/h1-7,9,15-16H,8H2,(H,21,22,23)/t15-,16-/m1/s1. The van der Waals surface area contributed by atoms with Crippen LogP contribution >= 0.6 is 31.9 Å². The third-order valence-corrected chi connectivity index (χ3v) is 5.24. The first-order valence-corrected chi connectivity index (χ1v) is 9.07. The number of nitrogens with zero attached hydrogens (tertiary/aromatic N) is 3. The second kappa shape index (κ2) is 6.29. The summed E-state index contributed by atoms with van der Waals surface area (Å²) in [4.78, 5) is 4.28. The van der Waals surface area contributed by atoms with Crippen molar-refractivity contribution in [3.63, 3.8) is 0 Å². The maximum atomic E-state index is 14.4. The van der Waals surface area contributed by atoms with Crippen LogP contribution in [0.1, 0.15) is 29.6 Å². The highest BCUT2D eigenvalue weighted by atomic mass is 79.9. The van der Waals surface area contributed by atoms with Crippen molar-refractivity contribution < 1.29 is 4.39 Å². The van der Waals surface area contributed by atoms with Crippen molar-refractivity contribution in [2.24, 2.45) is 0 Å². The molecular weight excluding hydrogens is 439 g/mol. The maximum absolute atomic E-state index is 14.4. The zero-order chi connectivity index (χ0) is 16.7. The Balaban J connectivity index is 1.76. The third kappa shape index (κ3) is 2.86. The van der Waals surface area contributed by atoms with Crippen molar-refractivity contribution in [1.82, 2.24) is 14.8 Å². The summed E-state index contributed by atoms with van der Waals surface area (Å²) in [6.45, 7) is 0. The Labute approximate surface area is 155 Å². The van der Waals surface area contributed by atoms with Crippen LogP contribution in [-0.4, -0.2) is 14.8 Å². The molecule has 0 amide bonds. The first kappa shape index (κ1) is 15.8. The van der Waals surface area contributed by atoms with Crippen LogP contribution in [0.2, 0.25) is 0 Å². The van der Waals surface area contributed by atoms with E-state index in [1.54, 1.807) is 10.7 Å². The molecule has 3 aromatic rings. The third-order valence-electron chi connectivity index (χ3n) is 4.22. The van der Waals surface area contributed by atoms with E-state index < -0.39 is 0 Å². The first-order chi connectivity index (χ1) is 11.6. The van der Waals surface area contributed by atoms with Crippen LogP contribution in [0.15, 0.2) is 57.7 Å². The molecule has 2 heterocycles. The van der Waals surface area contributed by atoms with Crippen molar-refractivity contribution in [1.29, 1.82) is 0 Å². The number of hydrogen-bond acceptors (Lipinski definition) is 3. The van der Waals surface area contributed by atoms with Crippen LogP contribution in [0.4, 0.5) is 10.3 Å². The summed E-state index contributed by atoms with van der Waals surface area (Å²) in [7, 11) is 0. The lowest BCUT2D eigenvalue weighted by atomic mass is 9.93. The number of hydrogen-bond donors (Lipinski definition) is 1. The normalized spacial score (nSPS) is 19.6. The Bertz CT molecular complexity index is 879. The topological polar surface area (TPSA) is 42.7 Å². The average molecular weight is 452 g/mol. The van der Waals surface area contributed by atoms with E-state index in [2.05, 4.69) is 59.4 Å². The number of fused-ring (bicyclic) bond motifs is 1. The number of halogens is 3. The highest BCUT2D eigenvalue weighted by Gasteiger charge is 2.31. The summed E-state index contributed by atoms with van der Waals surface area (Å²) in [5.41, 5.74) is 1.74. The summed E-state index contributed by atoms with van der Waals surface area (Å²) in [6.07, 6.45) is 2.18. The van der Waals surface area contributed by atoms with Gasteiger partial charge < -0.3 is 5.32 Å². The summed E-state index contributed by atoms with van der Waals surface area (Å²) in [5, 5.41) is 7.67. The van der Waals surface area contributed by atoms with Gasteiger partial charge in [0.15, 0.2) is 0 Å². The highest BCUT2D eigenvalue weighted by Crippen LogP contribution is 2.38. The van der Waals surface area contributed by atoms with Gasteiger partial charge in [-0.2, -0.15) is 10.1 Å². The van der Waals surface area contributed by atoms with Gasteiger partial charge >= 0.3 is 0 Å². The fourth-order valence-electron chi connectivity index (χ4n) is 3.06. The molecule has 0 saturated carbocycles. The van der Waals surface area contributed by atoms with Crippen LogP contribution in [-0.2, 0) is 0 Å². The van der Waals surface area contributed by atoms with Crippen molar-refractivity contribution >= 4 is 37.8 Å². The molecule has 1 aliphatic rings. The molecule has 0 spiro atoms. The van der Waals surface area contributed by atoms with Crippen LogP contribution in [0.5, 0.6) is 0 Å². The smallest absolute Gasteiger partial charge is 0.222 e. The van der Waals surface area contributed by atoms with E-state index in [4.69, 9.17) is 0 Å². The Kier molecular flexibility index (Phi) is 4.14. The van der Waals surface area contributed by atoms with E-state index >= 15 is 0 Å². The van der Waals surface area contributed by atoms with Crippen LogP contribution in [0.25, 0.3) is 0 Å². The number of anilines is 1. The summed E-state index contributed by atoms with van der Waals surface area (Å²) >= 11 is 6.88. The molecule has 1 aromatic heterocycles. The quantitative estimate of drug-likeness (QED) is 0.590. The first-order valence-electron chi connectivity index (χ1n) is 7.48. The SMILES string of the molecule is Fc1ccc(Br)cc1[C@H]1C[C@H](c2ccc(Br)cc2)Nc2ncnn21. The summed E-state index contributed by atoms with van der Waals surface area (Å²) in [5.74, 6) is 0.416. The second-order valence-electron chi connectivity index (χ2n) is 5.69. The zero-order valence-electron chi connectivity index (χ0n) is 12.5. The minimum Gasteiger partial charge on any atom is -0.348 e. The Morgan fingerprint density at radius 2 is 1.83 bits per heavy atom. The molecule has 0 radical (unpaired) electrons. The molecule has 0 bridgehead atoms. The van der Waals surface area contributed by atoms with Gasteiger partial charge in [0.1, 0.15) is 12.1 Å². The molecule has 2 aromatic carbocycles. The lowest BCUT2D eigenvalue weighted by molar-refractivity contribution is 0.415. The monoisotopic (exact) mass is 450 g/mol. The lowest BCUT2D eigenvalue weighted by Gasteiger charge is -2.32. The molecule has 0 unspecified atom stereocenters. The molecule has 0 aliphatic carbocycles. The molecule has 0 fully saturated rings. The minimum atomic E-state index is -0.235. The highest BCUT2D eigenvalue weighted by molar-refractivity contribution is 9.10. The molecule has 1 N–H and O–H groups in total. The van der Waals surface area contributed by atoms with Crippen molar-refractivity contribution in [3.05, 3.63) is 74.7 Å². The van der Waals surface area contributed by atoms with E-state index in [0.717, 1.165) is 14.5 Å².